The number of carbonyl (C=O) groups excluding carboxylic acids is 1. The van der Waals surface area contributed by atoms with Crippen LogP contribution in [0.25, 0.3) is 0 Å². The van der Waals surface area contributed by atoms with Gasteiger partial charge in [0.25, 0.3) is 0 Å². The topological polar surface area (TPSA) is 42.0 Å². The minimum absolute atomic E-state index is 0.148. The molecule has 0 saturated heterocycles. The third-order valence-corrected chi connectivity index (χ3v) is 4.50. The highest BCUT2D eigenvalue weighted by Crippen LogP contribution is 2.29. The predicted molar refractivity (Wildman–Crippen MR) is 102 cm³/mol. The van der Waals surface area contributed by atoms with Gasteiger partial charge in [0.2, 0.25) is 5.91 Å². The second-order valence-electron chi connectivity index (χ2n) is 6.27. The summed E-state index contributed by atoms with van der Waals surface area (Å²) in [7, 11) is 0. The molecule has 1 unspecified atom stereocenters. The molecule has 1 aromatic heterocycles. The van der Waals surface area contributed by atoms with Crippen LogP contribution >= 0.6 is 0 Å². The lowest BCUT2D eigenvalue weighted by molar-refractivity contribution is -0.116. The molecule has 0 aliphatic heterocycles. The van der Waals surface area contributed by atoms with Crippen LogP contribution < -0.4 is 5.32 Å². The molecule has 0 saturated carbocycles. The van der Waals surface area contributed by atoms with Crippen LogP contribution in [-0.4, -0.2) is 10.9 Å². The number of carbonyl (C=O) groups is 1. The smallest absolute Gasteiger partial charge is 0.225 e. The average Bonchev–Trinajstić information content (AvgIpc) is 2.68. The van der Waals surface area contributed by atoms with E-state index in [0.29, 0.717) is 17.7 Å². The number of nitrogens with one attached hydrogen (secondary N) is 1. The van der Waals surface area contributed by atoms with E-state index in [-0.39, 0.29) is 24.1 Å². The summed E-state index contributed by atoms with van der Waals surface area (Å²) < 4.78 is 27.2. The summed E-state index contributed by atoms with van der Waals surface area (Å²) in [4.78, 5) is 16.5. The number of hydrogen-bond donors (Lipinski definition) is 1. The minimum Gasteiger partial charge on any atom is -0.324 e. The Balaban J connectivity index is 1.85. The van der Waals surface area contributed by atoms with Crippen molar-refractivity contribution < 1.29 is 13.6 Å². The monoisotopic (exact) mass is 366 g/mol. The van der Waals surface area contributed by atoms with Crippen LogP contribution in [0.1, 0.15) is 36.0 Å². The summed E-state index contributed by atoms with van der Waals surface area (Å²) in [5, 5.41) is 2.77. The molecule has 3 rings (SSSR count). The SMILES string of the molecule is CCc1c(F)cncc1NC(=O)CC(c1ccccc1)c1ccc(F)cc1. The molecule has 0 radical (unpaired) electrons. The number of amides is 1. The van der Waals surface area contributed by atoms with Crippen LogP contribution in [0.5, 0.6) is 0 Å². The number of anilines is 1. The van der Waals surface area contributed by atoms with Gasteiger partial charge in [-0.2, -0.15) is 0 Å². The molecule has 0 aliphatic carbocycles. The van der Waals surface area contributed by atoms with E-state index in [0.717, 1.165) is 17.3 Å². The van der Waals surface area contributed by atoms with Gasteiger partial charge in [-0.25, -0.2) is 8.78 Å². The molecule has 138 valence electrons. The Labute approximate surface area is 157 Å². The molecule has 0 spiro atoms. The first-order valence-corrected chi connectivity index (χ1v) is 8.81. The third kappa shape index (κ3) is 4.56. The Bertz CT molecular complexity index is 911. The van der Waals surface area contributed by atoms with Gasteiger partial charge in [0.1, 0.15) is 11.6 Å². The summed E-state index contributed by atoms with van der Waals surface area (Å²) in [6.07, 6.45) is 3.19. The lowest BCUT2D eigenvalue weighted by Gasteiger charge is -2.18. The van der Waals surface area contributed by atoms with Crippen LogP contribution in [0.15, 0.2) is 67.0 Å². The first kappa shape index (κ1) is 18.7. The second-order valence-corrected chi connectivity index (χ2v) is 6.27. The molecule has 5 heteroatoms. The number of aromatic nitrogens is 1. The quantitative estimate of drug-likeness (QED) is 0.661. The van der Waals surface area contributed by atoms with Crippen molar-refractivity contribution >= 4 is 11.6 Å². The highest BCUT2D eigenvalue weighted by atomic mass is 19.1. The molecule has 3 nitrogen and oxygen atoms in total. The van der Waals surface area contributed by atoms with Crippen LogP contribution in [0.3, 0.4) is 0 Å². The van der Waals surface area contributed by atoms with Crippen molar-refractivity contribution in [3.8, 4) is 0 Å². The van der Waals surface area contributed by atoms with E-state index in [1.807, 2.05) is 37.3 Å². The second kappa shape index (κ2) is 8.54. The van der Waals surface area contributed by atoms with E-state index < -0.39 is 5.82 Å². The van der Waals surface area contributed by atoms with Crippen molar-refractivity contribution in [3.05, 3.63) is 95.3 Å². The number of pyridine rings is 1. The van der Waals surface area contributed by atoms with Crippen LogP contribution in [0.4, 0.5) is 14.5 Å². The molecule has 3 aromatic rings. The summed E-state index contributed by atoms with van der Waals surface area (Å²) in [5.74, 6) is -1.25. The largest absolute Gasteiger partial charge is 0.324 e. The van der Waals surface area contributed by atoms with Gasteiger partial charge in [-0.05, 0) is 29.7 Å². The molecule has 1 N–H and O–H groups in total. The molecule has 0 aliphatic rings. The van der Waals surface area contributed by atoms with Gasteiger partial charge in [0.05, 0.1) is 18.1 Å². The molecule has 1 amide bonds. The van der Waals surface area contributed by atoms with Crippen molar-refractivity contribution in [2.45, 2.75) is 25.7 Å². The van der Waals surface area contributed by atoms with E-state index in [1.165, 1.54) is 18.3 Å². The number of benzene rings is 2. The van der Waals surface area contributed by atoms with Crippen molar-refractivity contribution in [2.24, 2.45) is 0 Å². The van der Waals surface area contributed by atoms with E-state index >= 15 is 0 Å². The van der Waals surface area contributed by atoms with Gasteiger partial charge in [-0.1, -0.05) is 49.4 Å². The highest BCUT2D eigenvalue weighted by Gasteiger charge is 2.19. The summed E-state index contributed by atoms with van der Waals surface area (Å²) in [5.41, 5.74) is 2.60. The molecular weight excluding hydrogens is 346 g/mol. The number of rotatable bonds is 6. The Hall–Kier alpha value is -3.08. The summed E-state index contributed by atoms with van der Waals surface area (Å²) in [6.45, 7) is 1.82. The fraction of sp³-hybridized carbons (Fsp3) is 0.182. The maximum Gasteiger partial charge on any atom is 0.225 e. The van der Waals surface area contributed by atoms with Gasteiger partial charge >= 0.3 is 0 Å². The average molecular weight is 366 g/mol. The van der Waals surface area contributed by atoms with E-state index in [9.17, 15) is 13.6 Å². The molecule has 2 aromatic carbocycles. The minimum atomic E-state index is -0.437. The predicted octanol–water partition coefficient (Wildman–Crippen LogP) is 5.08. The van der Waals surface area contributed by atoms with Gasteiger partial charge in [0.15, 0.2) is 0 Å². The van der Waals surface area contributed by atoms with Gasteiger partial charge in [-0.15, -0.1) is 0 Å². The first-order valence-electron chi connectivity index (χ1n) is 8.81. The normalized spacial score (nSPS) is 11.8. The summed E-state index contributed by atoms with van der Waals surface area (Å²) in [6, 6.07) is 15.7. The lowest BCUT2D eigenvalue weighted by atomic mass is 9.88. The standard InChI is InChI=1S/C22H20F2N2O/c1-2-18-20(24)13-25-14-21(18)26-22(27)12-19(15-6-4-3-5-7-15)16-8-10-17(23)11-9-16/h3-11,13-14,19H,2,12H2,1H3,(H,26,27). The molecule has 0 bridgehead atoms. The lowest BCUT2D eigenvalue weighted by Crippen LogP contribution is -2.18. The van der Waals surface area contributed by atoms with E-state index in [4.69, 9.17) is 0 Å². The third-order valence-electron chi connectivity index (χ3n) is 4.50. The highest BCUT2D eigenvalue weighted by molar-refractivity contribution is 5.92. The Morgan fingerprint density at radius 3 is 2.33 bits per heavy atom. The van der Waals surface area contributed by atoms with Crippen LogP contribution in [0.2, 0.25) is 0 Å². The number of hydrogen-bond acceptors (Lipinski definition) is 2. The first-order chi connectivity index (χ1) is 13.1. The maximum absolute atomic E-state index is 13.9. The van der Waals surface area contributed by atoms with Crippen molar-refractivity contribution in [1.82, 2.24) is 4.98 Å². The van der Waals surface area contributed by atoms with Gasteiger partial charge < -0.3 is 5.32 Å². The maximum atomic E-state index is 13.9. The van der Waals surface area contributed by atoms with E-state index in [1.54, 1.807) is 12.1 Å². The van der Waals surface area contributed by atoms with Crippen LogP contribution in [-0.2, 0) is 11.2 Å². The van der Waals surface area contributed by atoms with Crippen molar-refractivity contribution in [2.75, 3.05) is 5.32 Å². The molecule has 0 fully saturated rings. The Morgan fingerprint density at radius 2 is 1.67 bits per heavy atom. The Morgan fingerprint density at radius 1 is 1.00 bits per heavy atom. The zero-order chi connectivity index (χ0) is 19.2. The molecular formula is C22H20F2N2O. The van der Waals surface area contributed by atoms with E-state index in [2.05, 4.69) is 10.3 Å². The Kier molecular flexibility index (Phi) is 5.91. The van der Waals surface area contributed by atoms with Crippen molar-refractivity contribution in [1.29, 1.82) is 0 Å². The fourth-order valence-electron chi connectivity index (χ4n) is 3.12. The summed E-state index contributed by atoms with van der Waals surface area (Å²) >= 11 is 0. The molecule has 1 atom stereocenters. The number of halogens is 2. The fourth-order valence-corrected chi connectivity index (χ4v) is 3.12. The number of nitrogens with zero attached hydrogens (tertiary/aromatic N) is 1. The van der Waals surface area contributed by atoms with Gasteiger partial charge in [-0.3, -0.25) is 9.78 Å². The molecule has 1 heterocycles. The van der Waals surface area contributed by atoms with Crippen molar-refractivity contribution in [3.63, 3.8) is 0 Å². The molecule has 27 heavy (non-hydrogen) atoms. The van der Waals surface area contributed by atoms with Crippen LogP contribution in [0, 0.1) is 11.6 Å². The zero-order valence-corrected chi connectivity index (χ0v) is 15.0. The van der Waals surface area contributed by atoms with Gasteiger partial charge in [0, 0.05) is 17.9 Å². The zero-order valence-electron chi connectivity index (χ0n) is 15.0.